The van der Waals surface area contributed by atoms with Gasteiger partial charge in [0.2, 0.25) is 5.88 Å². The average molecular weight is 337 g/mol. The van der Waals surface area contributed by atoms with Gasteiger partial charge in [0.15, 0.2) is 0 Å². The highest BCUT2D eigenvalue weighted by Gasteiger charge is 2.02. The van der Waals surface area contributed by atoms with E-state index in [0.29, 0.717) is 5.88 Å². The van der Waals surface area contributed by atoms with Crippen molar-refractivity contribution >= 4 is 31.9 Å². The Labute approximate surface area is 108 Å². The van der Waals surface area contributed by atoms with Gasteiger partial charge in [0, 0.05) is 10.7 Å². The van der Waals surface area contributed by atoms with Crippen molar-refractivity contribution in [2.45, 2.75) is 32.6 Å². The van der Waals surface area contributed by atoms with Gasteiger partial charge in [0.1, 0.15) is 0 Å². The standard InChI is InChI=1S/C11H15Br2NO/c1-2-3-4-5-6-15-11-10(13)7-9(12)8-14-11/h7-8H,2-6H2,1H3. The molecule has 0 N–H and O–H groups in total. The van der Waals surface area contributed by atoms with Crippen molar-refractivity contribution in [3.63, 3.8) is 0 Å². The largest absolute Gasteiger partial charge is 0.477 e. The molecule has 0 fully saturated rings. The van der Waals surface area contributed by atoms with Crippen LogP contribution in [0.2, 0.25) is 0 Å². The first-order valence-corrected chi connectivity index (χ1v) is 6.76. The minimum atomic E-state index is 0.676. The van der Waals surface area contributed by atoms with E-state index in [2.05, 4.69) is 43.8 Å². The van der Waals surface area contributed by atoms with Crippen LogP contribution in [0, 0.1) is 0 Å². The van der Waals surface area contributed by atoms with Gasteiger partial charge in [-0.1, -0.05) is 26.2 Å². The van der Waals surface area contributed by atoms with Crippen LogP contribution in [-0.2, 0) is 0 Å². The topological polar surface area (TPSA) is 22.1 Å². The molecule has 0 saturated carbocycles. The molecule has 4 heteroatoms. The molecule has 0 aliphatic carbocycles. The predicted octanol–water partition coefficient (Wildman–Crippen LogP) is 4.57. The fourth-order valence-electron chi connectivity index (χ4n) is 1.21. The van der Waals surface area contributed by atoms with Gasteiger partial charge in [0.25, 0.3) is 0 Å². The lowest BCUT2D eigenvalue weighted by Crippen LogP contribution is -1.99. The Hall–Kier alpha value is -0.0900. The van der Waals surface area contributed by atoms with Crippen LogP contribution in [-0.4, -0.2) is 11.6 Å². The number of rotatable bonds is 6. The molecule has 0 radical (unpaired) electrons. The number of unbranched alkanes of at least 4 members (excludes halogenated alkanes) is 3. The van der Waals surface area contributed by atoms with Gasteiger partial charge in [-0.15, -0.1) is 0 Å². The highest BCUT2D eigenvalue weighted by Crippen LogP contribution is 2.25. The van der Waals surface area contributed by atoms with Gasteiger partial charge in [-0.2, -0.15) is 0 Å². The monoisotopic (exact) mass is 335 g/mol. The van der Waals surface area contributed by atoms with Crippen molar-refractivity contribution in [1.29, 1.82) is 0 Å². The predicted molar refractivity (Wildman–Crippen MR) is 69.3 cm³/mol. The lowest BCUT2D eigenvalue weighted by Gasteiger charge is -2.06. The van der Waals surface area contributed by atoms with Crippen LogP contribution in [0.25, 0.3) is 0 Å². The van der Waals surface area contributed by atoms with E-state index in [4.69, 9.17) is 4.74 Å². The van der Waals surface area contributed by atoms with E-state index < -0.39 is 0 Å². The van der Waals surface area contributed by atoms with Gasteiger partial charge >= 0.3 is 0 Å². The van der Waals surface area contributed by atoms with E-state index in [1.54, 1.807) is 6.20 Å². The molecule has 0 aromatic carbocycles. The zero-order valence-electron chi connectivity index (χ0n) is 8.80. The van der Waals surface area contributed by atoms with Gasteiger partial charge in [0.05, 0.1) is 11.1 Å². The maximum atomic E-state index is 5.56. The van der Waals surface area contributed by atoms with Crippen molar-refractivity contribution in [2.75, 3.05) is 6.61 Å². The van der Waals surface area contributed by atoms with Crippen LogP contribution < -0.4 is 4.74 Å². The Kier molecular flexibility index (Phi) is 6.25. The zero-order valence-corrected chi connectivity index (χ0v) is 12.0. The number of aromatic nitrogens is 1. The summed E-state index contributed by atoms with van der Waals surface area (Å²) in [6, 6.07) is 1.94. The number of halogens is 2. The van der Waals surface area contributed by atoms with E-state index in [0.717, 1.165) is 22.0 Å². The highest BCUT2D eigenvalue weighted by molar-refractivity contribution is 9.11. The first-order chi connectivity index (χ1) is 7.24. The van der Waals surface area contributed by atoms with Gasteiger partial charge in [-0.3, -0.25) is 0 Å². The van der Waals surface area contributed by atoms with Crippen molar-refractivity contribution in [3.8, 4) is 5.88 Å². The number of ether oxygens (including phenoxy) is 1. The molecule has 0 aliphatic heterocycles. The highest BCUT2D eigenvalue weighted by atomic mass is 79.9. The summed E-state index contributed by atoms with van der Waals surface area (Å²) in [6.45, 7) is 2.95. The Bertz CT molecular complexity index is 305. The second kappa shape index (κ2) is 7.23. The molecular formula is C11H15Br2NO. The molecule has 0 atom stereocenters. The van der Waals surface area contributed by atoms with Crippen LogP contribution in [0.3, 0.4) is 0 Å². The van der Waals surface area contributed by atoms with Crippen LogP contribution in [0.4, 0.5) is 0 Å². The van der Waals surface area contributed by atoms with Crippen molar-refractivity contribution in [3.05, 3.63) is 21.2 Å². The molecule has 1 rings (SSSR count). The number of nitrogens with zero attached hydrogens (tertiary/aromatic N) is 1. The van der Waals surface area contributed by atoms with Crippen LogP contribution in [0.15, 0.2) is 21.2 Å². The second-order valence-electron chi connectivity index (χ2n) is 3.35. The quantitative estimate of drug-likeness (QED) is 0.710. The van der Waals surface area contributed by atoms with Crippen molar-refractivity contribution < 1.29 is 4.74 Å². The van der Waals surface area contributed by atoms with E-state index in [1.165, 1.54) is 19.3 Å². The molecule has 2 nitrogen and oxygen atoms in total. The molecular weight excluding hydrogens is 322 g/mol. The Morgan fingerprint density at radius 2 is 2.07 bits per heavy atom. The van der Waals surface area contributed by atoms with E-state index in [1.807, 2.05) is 6.07 Å². The van der Waals surface area contributed by atoms with E-state index in [9.17, 15) is 0 Å². The third-order valence-corrected chi connectivity index (χ3v) is 3.01. The maximum Gasteiger partial charge on any atom is 0.228 e. The summed E-state index contributed by atoms with van der Waals surface area (Å²) >= 11 is 6.76. The molecule has 0 aliphatic rings. The molecule has 84 valence electrons. The molecule has 0 unspecified atom stereocenters. The summed E-state index contributed by atoms with van der Waals surface area (Å²) in [6.07, 6.45) is 6.59. The smallest absolute Gasteiger partial charge is 0.228 e. The van der Waals surface area contributed by atoms with Gasteiger partial charge in [-0.25, -0.2) is 4.98 Å². The summed E-state index contributed by atoms with van der Waals surface area (Å²) in [7, 11) is 0. The molecule has 1 aromatic rings. The minimum Gasteiger partial charge on any atom is -0.477 e. The number of hydrogen-bond acceptors (Lipinski definition) is 2. The zero-order chi connectivity index (χ0) is 11.1. The molecule has 0 saturated heterocycles. The normalized spacial score (nSPS) is 10.3. The fourth-order valence-corrected chi connectivity index (χ4v) is 2.31. The molecule has 1 aromatic heterocycles. The molecule has 0 spiro atoms. The SMILES string of the molecule is CCCCCCOc1ncc(Br)cc1Br. The Morgan fingerprint density at radius 3 is 2.73 bits per heavy atom. The van der Waals surface area contributed by atoms with Crippen LogP contribution in [0.1, 0.15) is 32.6 Å². The van der Waals surface area contributed by atoms with Crippen molar-refractivity contribution in [1.82, 2.24) is 4.98 Å². The van der Waals surface area contributed by atoms with E-state index in [-0.39, 0.29) is 0 Å². The Balaban J connectivity index is 2.31. The average Bonchev–Trinajstić information content (AvgIpc) is 2.20. The Morgan fingerprint density at radius 1 is 1.27 bits per heavy atom. The molecule has 15 heavy (non-hydrogen) atoms. The molecule has 0 amide bonds. The maximum absolute atomic E-state index is 5.56. The molecule has 0 bridgehead atoms. The lowest BCUT2D eigenvalue weighted by molar-refractivity contribution is 0.292. The third kappa shape index (κ3) is 4.98. The van der Waals surface area contributed by atoms with Crippen LogP contribution >= 0.6 is 31.9 Å². The number of pyridine rings is 1. The van der Waals surface area contributed by atoms with Gasteiger partial charge < -0.3 is 4.74 Å². The lowest BCUT2D eigenvalue weighted by atomic mass is 10.2. The first kappa shape index (κ1) is 13.0. The van der Waals surface area contributed by atoms with Gasteiger partial charge in [-0.05, 0) is 44.3 Å². The van der Waals surface area contributed by atoms with E-state index >= 15 is 0 Å². The summed E-state index contributed by atoms with van der Waals surface area (Å²) in [5, 5.41) is 0. The van der Waals surface area contributed by atoms with Crippen LogP contribution in [0.5, 0.6) is 5.88 Å². The molecule has 1 heterocycles. The fraction of sp³-hybridized carbons (Fsp3) is 0.545. The first-order valence-electron chi connectivity index (χ1n) is 5.18. The third-order valence-electron chi connectivity index (χ3n) is 2.01. The summed E-state index contributed by atoms with van der Waals surface area (Å²) < 4.78 is 7.41. The van der Waals surface area contributed by atoms with Crippen molar-refractivity contribution in [2.24, 2.45) is 0 Å². The summed E-state index contributed by atoms with van der Waals surface area (Å²) in [5.41, 5.74) is 0. The summed E-state index contributed by atoms with van der Waals surface area (Å²) in [5.74, 6) is 0.676. The number of hydrogen-bond donors (Lipinski definition) is 0. The second-order valence-corrected chi connectivity index (χ2v) is 5.12. The summed E-state index contributed by atoms with van der Waals surface area (Å²) in [4.78, 5) is 4.18. The minimum absolute atomic E-state index is 0.676.